The second kappa shape index (κ2) is 5.61. The number of hydrogen-bond acceptors (Lipinski definition) is 3. The average molecular weight is 271 g/mol. The van der Waals surface area contributed by atoms with Crippen LogP contribution in [0, 0.1) is 0 Å². The number of carbonyl (C=O) groups excluding carboxylic acids is 1. The molecule has 0 saturated heterocycles. The van der Waals surface area contributed by atoms with Crippen LogP contribution in [0.5, 0.6) is 5.75 Å². The van der Waals surface area contributed by atoms with Gasteiger partial charge in [-0.1, -0.05) is 5.57 Å². The molecule has 1 aliphatic heterocycles. The third-order valence-electron chi connectivity index (χ3n) is 3.73. The van der Waals surface area contributed by atoms with Gasteiger partial charge in [-0.05, 0) is 50.5 Å². The van der Waals surface area contributed by atoms with Gasteiger partial charge < -0.3 is 9.53 Å². The molecule has 1 atom stereocenters. The Morgan fingerprint density at radius 2 is 2.15 bits per heavy atom. The Morgan fingerprint density at radius 1 is 1.40 bits per heavy atom. The van der Waals surface area contributed by atoms with Crippen molar-refractivity contribution in [1.82, 2.24) is 0 Å². The molecular weight excluding hydrogens is 250 g/mol. The number of allylic oxidation sites excluding steroid dienone is 1. The van der Waals surface area contributed by atoms with Crippen molar-refractivity contribution in [3.63, 3.8) is 0 Å². The number of ketones is 1. The first-order valence-electron chi connectivity index (χ1n) is 6.84. The molecule has 0 aromatic heterocycles. The maximum absolute atomic E-state index is 11.4. The summed E-state index contributed by atoms with van der Waals surface area (Å²) in [5.74, 6) is 1.03. The van der Waals surface area contributed by atoms with Gasteiger partial charge in [0.2, 0.25) is 0 Å². The predicted molar refractivity (Wildman–Crippen MR) is 82.2 cm³/mol. The van der Waals surface area contributed by atoms with E-state index in [1.807, 2.05) is 31.3 Å². The topological polar surface area (TPSA) is 38.7 Å². The van der Waals surface area contributed by atoms with Crippen LogP contribution in [-0.2, 0) is 10.2 Å². The van der Waals surface area contributed by atoms with E-state index in [-0.39, 0.29) is 11.2 Å². The van der Waals surface area contributed by atoms with Crippen molar-refractivity contribution < 1.29 is 9.53 Å². The van der Waals surface area contributed by atoms with Crippen molar-refractivity contribution in [2.24, 2.45) is 4.99 Å². The molecule has 0 saturated carbocycles. The monoisotopic (exact) mass is 271 g/mol. The van der Waals surface area contributed by atoms with Gasteiger partial charge in [-0.15, -0.1) is 6.58 Å². The Kier molecular flexibility index (Phi) is 4.07. The molecule has 0 amide bonds. The Labute approximate surface area is 120 Å². The summed E-state index contributed by atoms with van der Waals surface area (Å²) in [7, 11) is 1.66. The summed E-state index contributed by atoms with van der Waals surface area (Å²) in [6.07, 6.45) is 4.10. The molecule has 3 heteroatoms. The Bertz CT molecular complexity index is 574. The van der Waals surface area contributed by atoms with Crippen LogP contribution in [0.25, 0.3) is 0 Å². The number of fused-ring (bicyclic) bond motifs is 1. The lowest BCUT2D eigenvalue weighted by atomic mass is 9.74. The molecule has 1 aliphatic rings. The molecule has 0 bridgehead atoms. The van der Waals surface area contributed by atoms with Crippen molar-refractivity contribution in [2.45, 2.75) is 38.5 Å². The zero-order chi connectivity index (χ0) is 14.8. The smallest absolute Gasteiger partial charge is 0.129 e. The van der Waals surface area contributed by atoms with Gasteiger partial charge in [0.1, 0.15) is 11.5 Å². The van der Waals surface area contributed by atoms with Crippen molar-refractivity contribution in [1.29, 1.82) is 0 Å². The van der Waals surface area contributed by atoms with Gasteiger partial charge in [-0.2, -0.15) is 0 Å². The fraction of sp³-hybridized carbons (Fsp3) is 0.412. The third-order valence-corrected chi connectivity index (χ3v) is 3.73. The largest absolute Gasteiger partial charge is 0.497 e. The number of benzene rings is 1. The van der Waals surface area contributed by atoms with Crippen molar-refractivity contribution >= 4 is 17.7 Å². The summed E-state index contributed by atoms with van der Waals surface area (Å²) >= 11 is 0. The van der Waals surface area contributed by atoms with Crippen LogP contribution in [0.1, 0.15) is 38.7 Å². The first-order valence-corrected chi connectivity index (χ1v) is 6.84. The zero-order valence-corrected chi connectivity index (χ0v) is 12.4. The normalized spacial score (nSPS) is 19.8. The minimum atomic E-state index is -0.221. The fourth-order valence-electron chi connectivity index (χ4n) is 2.78. The van der Waals surface area contributed by atoms with E-state index in [1.54, 1.807) is 14.0 Å². The molecule has 106 valence electrons. The fourth-order valence-corrected chi connectivity index (χ4v) is 2.78. The summed E-state index contributed by atoms with van der Waals surface area (Å²) in [5, 5.41) is 0. The number of aliphatic imine (C=N–C) groups is 1. The summed E-state index contributed by atoms with van der Waals surface area (Å²) in [4.78, 5) is 15.9. The van der Waals surface area contributed by atoms with Crippen molar-refractivity contribution in [3.8, 4) is 5.75 Å². The number of methoxy groups -OCH3 is 1. The second-order valence-corrected chi connectivity index (χ2v) is 5.63. The van der Waals surface area contributed by atoms with Crippen LogP contribution in [0.15, 0.2) is 35.3 Å². The minimum absolute atomic E-state index is 0.204. The molecule has 1 aromatic carbocycles. The molecule has 1 aromatic rings. The van der Waals surface area contributed by atoms with E-state index >= 15 is 0 Å². The molecule has 1 heterocycles. The summed E-state index contributed by atoms with van der Waals surface area (Å²) in [6, 6.07) is 5.92. The van der Waals surface area contributed by atoms with Gasteiger partial charge in [-0.25, -0.2) is 0 Å². The number of rotatable bonds is 6. The number of carbonyl (C=O) groups is 1. The highest BCUT2D eigenvalue weighted by Gasteiger charge is 2.36. The van der Waals surface area contributed by atoms with Crippen LogP contribution < -0.4 is 4.74 Å². The highest BCUT2D eigenvalue weighted by Crippen LogP contribution is 2.45. The molecule has 3 nitrogen and oxygen atoms in total. The predicted octanol–water partition coefficient (Wildman–Crippen LogP) is 3.98. The van der Waals surface area contributed by atoms with Crippen molar-refractivity contribution in [2.75, 3.05) is 7.11 Å². The Hall–Kier alpha value is -1.90. The molecule has 2 rings (SSSR count). The first kappa shape index (κ1) is 14.5. The van der Waals surface area contributed by atoms with Gasteiger partial charge in [0.15, 0.2) is 0 Å². The van der Waals surface area contributed by atoms with Crippen molar-refractivity contribution in [3.05, 3.63) is 35.9 Å². The lowest BCUT2D eigenvalue weighted by Crippen LogP contribution is -2.27. The lowest BCUT2D eigenvalue weighted by Gasteiger charge is -2.28. The SMILES string of the molecule is C=C(C)C[C@@]1(CCC(C)=O)C=Nc2ccc(OC)cc21. The average Bonchev–Trinajstić information content (AvgIpc) is 2.74. The number of hydrogen-bond donors (Lipinski definition) is 0. The van der Waals surface area contributed by atoms with Gasteiger partial charge in [0, 0.05) is 18.1 Å². The highest BCUT2D eigenvalue weighted by molar-refractivity contribution is 5.87. The standard InChI is InChI=1S/C17H21NO2/c1-12(2)10-17(8-7-13(3)19)11-18-16-6-5-14(20-4)9-15(16)17/h5-6,9,11H,1,7-8,10H2,2-4H3/t17-/m0/s1. The number of nitrogens with zero attached hydrogens (tertiary/aromatic N) is 1. The van der Waals surface area contributed by atoms with Crippen LogP contribution in [0.2, 0.25) is 0 Å². The molecule has 0 fully saturated rings. The molecule has 0 N–H and O–H groups in total. The molecule has 20 heavy (non-hydrogen) atoms. The van der Waals surface area contributed by atoms with Gasteiger partial charge in [-0.3, -0.25) is 4.99 Å². The van der Waals surface area contributed by atoms with E-state index in [0.717, 1.165) is 35.4 Å². The summed E-state index contributed by atoms with van der Waals surface area (Å²) in [6.45, 7) is 7.68. The summed E-state index contributed by atoms with van der Waals surface area (Å²) < 4.78 is 5.32. The highest BCUT2D eigenvalue weighted by atomic mass is 16.5. The van der Waals surface area contributed by atoms with E-state index in [0.29, 0.717) is 6.42 Å². The quantitative estimate of drug-likeness (QED) is 0.734. The molecule has 0 spiro atoms. The second-order valence-electron chi connectivity index (χ2n) is 5.63. The van der Waals surface area contributed by atoms with Crippen LogP contribution >= 0.6 is 0 Å². The maximum atomic E-state index is 11.4. The van der Waals surface area contributed by atoms with E-state index < -0.39 is 0 Å². The Balaban J connectivity index is 2.42. The third kappa shape index (κ3) is 2.82. The van der Waals surface area contributed by atoms with E-state index in [1.165, 1.54) is 0 Å². The molecule has 0 radical (unpaired) electrons. The molecule has 0 aliphatic carbocycles. The van der Waals surface area contributed by atoms with Gasteiger partial charge in [0.25, 0.3) is 0 Å². The van der Waals surface area contributed by atoms with Crippen LogP contribution in [-0.4, -0.2) is 19.1 Å². The van der Waals surface area contributed by atoms with Crippen LogP contribution in [0.3, 0.4) is 0 Å². The van der Waals surface area contributed by atoms with Crippen LogP contribution in [0.4, 0.5) is 5.69 Å². The van der Waals surface area contributed by atoms with Gasteiger partial charge in [0.05, 0.1) is 12.8 Å². The van der Waals surface area contributed by atoms with E-state index in [9.17, 15) is 4.79 Å². The molecular formula is C17H21NO2. The Morgan fingerprint density at radius 3 is 2.75 bits per heavy atom. The first-order chi connectivity index (χ1) is 9.47. The minimum Gasteiger partial charge on any atom is -0.497 e. The zero-order valence-electron chi connectivity index (χ0n) is 12.4. The molecule has 0 unspecified atom stereocenters. The van der Waals surface area contributed by atoms with E-state index in [2.05, 4.69) is 11.6 Å². The maximum Gasteiger partial charge on any atom is 0.129 e. The van der Waals surface area contributed by atoms with E-state index in [4.69, 9.17) is 4.74 Å². The number of Topliss-reactive ketones (excluding diaryl/α,β-unsaturated/α-hetero) is 1. The summed E-state index contributed by atoms with van der Waals surface area (Å²) in [5.41, 5.74) is 2.98. The van der Waals surface area contributed by atoms with Gasteiger partial charge >= 0.3 is 0 Å². The number of ether oxygens (including phenoxy) is 1. The lowest BCUT2D eigenvalue weighted by molar-refractivity contribution is -0.117.